The highest BCUT2D eigenvalue weighted by Crippen LogP contribution is 2.25. The SMILES string of the molecule is CCOc1ccc(C)cc1S(=O)(=O)N[C@@H](CC)CO. The summed E-state index contributed by atoms with van der Waals surface area (Å²) in [5.74, 6) is 0.327. The van der Waals surface area contributed by atoms with E-state index in [4.69, 9.17) is 9.84 Å². The summed E-state index contributed by atoms with van der Waals surface area (Å²) in [7, 11) is -3.69. The molecule has 0 unspecified atom stereocenters. The van der Waals surface area contributed by atoms with Crippen LogP contribution in [0.4, 0.5) is 0 Å². The quantitative estimate of drug-likeness (QED) is 0.795. The maximum Gasteiger partial charge on any atom is 0.244 e. The average molecular weight is 287 g/mol. The smallest absolute Gasteiger partial charge is 0.244 e. The van der Waals surface area contributed by atoms with Crippen LogP contribution in [0.25, 0.3) is 0 Å². The van der Waals surface area contributed by atoms with Gasteiger partial charge in [-0.1, -0.05) is 13.0 Å². The van der Waals surface area contributed by atoms with Crippen LogP contribution < -0.4 is 9.46 Å². The molecule has 2 N–H and O–H groups in total. The minimum Gasteiger partial charge on any atom is -0.492 e. The summed E-state index contributed by atoms with van der Waals surface area (Å²) < 4.78 is 32.4. The van der Waals surface area contributed by atoms with Crippen LogP contribution in [-0.2, 0) is 10.0 Å². The fraction of sp³-hybridized carbons (Fsp3) is 0.538. The topological polar surface area (TPSA) is 75.6 Å². The summed E-state index contributed by atoms with van der Waals surface area (Å²) in [6.45, 7) is 5.59. The number of benzene rings is 1. The van der Waals surface area contributed by atoms with E-state index in [0.29, 0.717) is 18.8 Å². The molecule has 19 heavy (non-hydrogen) atoms. The Hall–Kier alpha value is -1.11. The molecule has 0 fully saturated rings. The van der Waals surface area contributed by atoms with Gasteiger partial charge in [-0.25, -0.2) is 13.1 Å². The summed E-state index contributed by atoms with van der Waals surface area (Å²) in [6, 6.07) is 4.53. The number of hydrogen-bond acceptors (Lipinski definition) is 4. The molecule has 6 heteroatoms. The molecule has 0 spiro atoms. The van der Waals surface area contributed by atoms with E-state index in [2.05, 4.69) is 4.72 Å². The Kier molecular flexibility index (Phi) is 5.78. The molecule has 5 nitrogen and oxygen atoms in total. The summed E-state index contributed by atoms with van der Waals surface area (Å²) in [4.78, 5) is 0.112. The Balaban J connectivity index is 3.15. The number of ether oxygens (including phenoxy) is 1. The van der Waals surface area contributed by atoms with E-state index < -0.39 is 16.1 Å². The van der Waals surface area contributed by atoms with Crippen molar-refractivity contribution in [3.05, 3.63) is 23.8 Å². The normalized spacial score (nSPS) is 13.3. The zero-order valence-electron chi connectivity index (χ0n) is 11.5. The Labute approximate surface area is 114 Å². The van der Waals surface area contributed by atoms with Gasteiger partial charge in [0.2, 0.25) is 10.0 Å². The molecule has 0 radical (unpaired) electrons. The second-order valence-corrected chi connectivity index (χ2v) is 5.97. The Morgan fingerprint density at radius 1 is 1.37 bits per heavy atom. The van der Waals surface area contributed by atoms with Crippen molar-refractivity contribution in [1.29, 1.82) is 0 Å². The molecule has 0 aliphatic carbocycles. The lowest BCUT2D eigenvalue weighted by Gasteiger charge is -2.17. The highest BCUT2D eigenvalue weighted by Gasteiger charge is 2.22. The molecule has 1 atom stereocenters. The number of hydrogen-bond donors (Lipinski definition) is 2. The zero-order chi connectivity index (χ0) is 14.5. The van der Waals surface area contributed by atoms with Crippen molar-refractivity contribution in [1.82, 2.24) is 4.72 Å². The Bertz CT molecular complexity index is 509. The molecule has 0 amide bonds. The molecule has 0 heterocycles. The van der Waals surface area contributed by atoms with E-state index in [-0.39, 0.29) is 11.5 Å². The van der Waals surface area contributed by atoms with Gasteiger partial charge >= 0.3 is 0 Å². The zero-order valence-corrected chi connectivity index (χ0v) is 12.3. The number of sulfonamides is 1. The molecule has 0 saturated heterocycles. The predicted molar refractivity (Wildman–Crippen MR) is 73.8 cm³/mol. The van der Waals surface area contributed by atoms with Gasteiger partial charge in [-0.2, -0.15) is 0 Å². The molecule has 1 aromatic carbocycles. The molecule has 108 valence electrons. The number of aryl methyl sites for hydroxylation is 1. The molecule has 0 bridgehead atoms. The van der Waals surface area contributed by atoms with Gasteiger partial charge in [0.1, 0.15) is 10.6 Å². The van der Waals surface area contributed by atoms with Crippen molar-refractivity contribution in [3.8, 4) is 5.75 Å². The maximum atomic E-state index is 12.3. The molecule has 1 aromatic rings. The van der Waals surface area contributed by atoms with Crippen LogP contribution in [0.15, 0.2) is 23.1 Å². The lowest BCUT2D eigenvalue weighted by atomic mass is 10.2. The molecule has 0 saturated carbocycles. The molecule has 0 aliphatic rings. The first-order valence-corrected chi connectivity index (χ1v) is 7.79. The largest absolute Gasteiger partial charge is 0.492 e. The molecular formula is C13H21NO4S. The third-order valence-electron chi connectivity index (χ3n) is 2.72. The van der Waals surface area contributed by atoms with Crippen LogP contribution in [0.5, 0.6) is 5.75 Å². The van der Waals surface area contributed by atoms with Crippen molar-refractivity contribution in [2.24, 2.45) is 0 Å². The van der Waals surface area contributed by atoms with Gasteiger partial charge in [0.25, 0.3) is 0 Å². The fourth-order valence-electron chi connectivity index (χ4n) is 1.63. The Morgan fingerprint density at radius 3 is 2.58 bits per heavy atom. The molecular weight excluding hydrogens is 266 g/mol. The number of rotatable bonds is 7. The molecule has 1 rings (SSSR count). The second-order valence-electron chi connectivity index (χ2n) is 4.29. The summed E-state index contributed by atoms with van der Waals surface area (Å²) in [5, 5.41) is 9.11. The van der Waals surface area contributed by atoms with Gasteiger partial charge < -0.3 is 9.84 Å². The number of aliphatic hydroxyl groups excluding tert-OH is 1. The minimum atomic E-state index is -3.69. The first kappa shape index (κ1) is 15.9. The van der Waals surface area contributed by atoms with Crippen LogP contribution in [0.2, 0.25) is 0 Å². The van der Waals surface area contributed by atoms with Crippen LogP contribution >= 0.6 is 0 Å². The van der Waals surface area contributed by atoms with Crippen molar-refractivity contribution < 1.29 is 18.3 Å². The van der Waals surface area contributed by atoms with Crippen molar-refractivity contribution >= 4 is 10.0 Å². The van der Waals surface area contributed by atoms with E-state index >= 15 is 0 Å². The fourth-order valence-corrected chi connectivity index (χ4v) is 3.17. The molecule has 0 aromatic heterocycles. The number of nitrogens with one attached hydrogen (secondary N) is 1. The van der Waals surface area contributed by atoms with Gasteiger partial charge in [-0.15, -0.1) is 0 Å². The summed E-state index contributed by atoms with van der Waals surface area (Å²) >= 11 is 0. The first-order chi connectivity index (χ1) is 8.94. The second kappa shape index (κ2) is 6.88. The summed E-state index contributed by atoms with van der Waals surface area (Å²) in [6.07, 6.45) is 0.519. The maximum absolute atomic E-state index is 12.3. The van der Waals surface area contributed by atoms with Crippen molar-refractivity contribution in [3.63, 3.8) is 0 Å². The van der Waals surface area contributed by atoms with Crippen LogP contribution in [0, 0.1) is 6.92 Å². The van der Waals surface area contributed by atoms with E-state index in [1.165, 1.54) is 0 Å². The van der Waals surface area contributed by atoms with Gasteiger partial charge in [-0.05, 0) is 38.0 Å². The van der Waals surface area contributed by atoms with E-state index in [1.807, 2.05) is 13.8 Å². The van der Waals surface area contributed by atoms with Crippen LogP contribution in [0.1, 0.15) is 25.8 Å². The van der Waals surface area contributed by atoms with Crippen LogP contribution in [0.3, 0.4) is 0 Å². The third-order valence-corrected chi connectivity index (χ3v) is 4.27. The third kappa shape index (κ3) is 4.19. The number of aliphatic hydroxyl groups is 1. The highest BCUT2D eigenvalue weighted by molar-refractivity contribution is 7.89. The summed E-state index contributed by atoms with van der Waals surface area (Å²) in [5.41, 5.74) is 0.834. The van der Waals surface area contributed by atoms with Gasteiger partial charge in [0.05, 0.1) is 13.2 Å². The minimum absolute atomic E-state index is 0.112. The molecule has 0 aliphatic heterocycles. The average Bonchev–Trinajstić information content (AvgIpc) is 2.38. The highest BCUT2D eigenvalue weighted by atomic mass is 32.2. The van der Waals surface area contributed by atoms with E-state index in [0.717, 1.165) is 5.56 Å². The van der Waals surface area contributed by atoms with E-state index in [1.54, 1.807) is 25.1 Å². The van der Waals surface area contributed by atoms with Gasteiger partial charge in [0.15, 0.2) is 0 Å². The van der Waals surface area contributed by atoms with Gasteiger partial charge in [-0.3, -0.25) is 0 Å². The lowest BCUT2D eigenvalue weighted by molar-refractivity contribution is 0.253. The van der Waals surface area contributed by atoms with Crippen LogP contribution in [-0.4, -0.2) is 32.8 Å². The van der Waals surface area contributed by atoms with E-state index in [9.17, 15) is 8.42 Å². The lowest BCUT2D eigenvalue weighted by Crippen LogP contribution is -2.37. The van der Waals surface area contributed by atoms with Crippen molar-refractivity contribution in [2.45, 2.75) is 38.1 Å². The van der Waals surface area contributed by atoms with Crippen molar-refractivity contribution in [2.75, 3.05) is 13.2 Å². The first-order valence-electron chi connectivity index (χ1n) is 6.31. The predicted octanol–water partition coefficient (Wildman–Crippen LogP) is 1.44. The van der Waals surface area contributed by atoms with Gasteiger partial charge in [0, 0.05) is 6.04 Å². The monoisotopic (exact) mass is 287 g/mol. The standard InChI is InChI=1S/C13H21NO4S/c1-4-11(9-15)14-19(16,17)13-8-10(3)6-7-12(13)18-5-2/h6-8,11,14-15H,4-5,9H2,1-3H3/t11-/m0/s1. The Morgan fingerprint density at radius 2 is 2.05 bits per heavy atom.